The normalized spacial score (nSPS) is 12.0. The summed E-state index contributed by atoms with van der Waals surface area (Å²) in [4.78, 5) is 11.4. The fourth-order valence-corrected chi connectivity index (χ4v) is 1.15. The van der Waals surface area contributed by atoms with E-state index in [2.05, 4.69) is 13.8 Å². The van der Waals surface area contributed by atoms with Gasteiger partial charge in [-0.2, -0.15) is 5.26 Å². The van der Waals surface area contributed by atoms with Crippen molar-refractivity contribution in [3.8, 4) is 6.07 Å². The Labute approximate surface area is 91.7 Å². The number of hydrogen-bond donors (Lipinski definition) is 0. The maximum absolute atomic E-state index is 11.4. The zero-order valence-electron chi connectivity index (χ0n) is 9.96. The maximum atomic E-state index is 11.4. The number of nitrogens with zero attached hydrogens (tertiary/aromatic N) is 1. The third kappa shape index (κ3) is 5.21. The Hall–Kier alpha value is -1.30. The van der Waals surface area contributed by atoms with Gasteiger partial charge in [-0.15, -0.1) is 0 Å². The lowest BCUT2D eigenvalue weighted by Crippen LogP contribution is -2.08. The zero-order chi connectivity index (χ0) is 11.8. The second-order valence-electron chi connectivity index (χ2n) is 3.92. The summed E-state index contributed by atoms with van der Waals surface area (Å²) in [6.07, 6.45) is 1.76. The van der Waals surface area contributed by atoms with Crippen LogP contribution >= 0.6 is 0 Å². The smallest absolute Gasteiger partial charge is 0.348 e. The van der Waals surface area contributed by atoms with Gasteiger partial charge in [0.2, 0.25) is 0 Å². The fourth-order valence-electron chi connectivity index (χ4n) is 1.15. The molecule has 15 heavy (non-hydrogen) atoms. The number of rotatable bonds is 5. The minimum absolute atomic E-state index is 0.164. The lowest BCUT2D eigenvalue weighted by atomic mass is 10.0. The van der Waals surface area contributed by atoms with E-state index in [1.54, 1.807) is 6.92 Å². The van der Waals surface area contributed by atoms with Crippen LogP contribution in [0, 0.1) is 17.2 Å². The van der Waals surface area contributed by atoms with Gasteiger partial charge < -0.3 is 4.74 Å². The summed E-state index contributed by atoms with van der Waals surface area (Å²) >= 11 is 0. The lowest BCUT2D eigenvalue weighted by Gasteiger charge is -2.07. The molecule has 0 aromatic heterocycles. The van der Waals surface area contributed by atoms with Gasteiger partial charge in [0.05, 0.1) is 6.61 Å². The van der Waals surface area contributed by atoms with Crippen LogP contribution in [0.2, 0.25) is 0 Å². The van der Waals surface area contributed by atoms with Gasteiger partial charge in [0, 0.05) is 0 Å². The number of carbonyl (C=O) groups is 1. The van der Waals surface area contributed by atoms with Crippen molar-refractivity contribution in [1.29, 1.82) is 5.26 Å². The van der Waals surface area contributed by atoms with Gasteiger partial charge >= 0.3 is 5.97 Å². The maximum Gasteiger partial charge on any atom is 0.348 e. The zero-order valence-corrected chi connectivity index (χ0v) is 9.96. The van der Waals surface area contributed by atoms with Gasteiger partial charge in [0.1, 0.15) is 11.6 Å². The fraction of sp³-hybridized carbons (Fsp3) is 0.667. The van der Waals surface area contributed by atoms with Gasteiger partial charge in [0.25, 0.3) is 0 Å². The average Bonchev–Trinajstić information content (AvgIpc) is 2.16. The van der Waals surface area contributed by atoms with Crippen LogP contribution in [0.1, 0.15) is 40.5 Å². The first-order valence-corrected chi connectivity index (χ1v) is 5.29. The number of allylic oxidation sites excluding steroid dienone is 1. The van der Waals surface area contributed by atoms with Gasteiger partial charge in [-0.25, -0.2) is 4.79 Å². The van der Waals surface area contributed by atoms with Crippen LogP contribution < -0.4 is 0 Å². The second-order valence-corrected chi connectivity index (χ2v) is 3.92. The molecule has 3 nitrogen and oxygen atoms in total. The molecule has 0 aromatic rings. The number of esters is 1. The Balaban J connectivity index is 4.54. The highest BCUT2D eigenvalue weighted by molar-refractivity contribution is 5.93. The van der Waals surface area contributed by atoms with Crippen molar-refractivity contribution in [3.63, 3.8) is 0 Å². The molecular formula is C12H19NO2. The minimum Gasteiger partial charge on any atom is -0.462 e. The van der Waals surface area contributed by atoms with Crippen molar-refractivity contribution in [2.75, 3.05) is 6.61 Å². The first-order chi connectivity index (χ1) is 7.02. The molecule has 84 valence electrons. The van der Waals surface area contributed by atoms with Crippen LogP contribution in [0.4, 0.5) is 0 Å². The Morgan fingerprint density at radius 2 is 2.07 bits per heavy atom. The first-order valence-electron chi connectivity index (χ1n) is 5.29. The lowest BCUT2D eigenvalue weighted by molar-refractivity contribution is -0.138. The summed E-state index contributed by atoms with van der Waals surface area (Å²) in [6, 6.07) is 1.92. The number of ether oxygens (including phenoxy) is 1. The molecule has 0 amide bonds. The van der Waals surface area contributed by atoms with Crippen molar-refractivity contribution >= 4 is 5.97 Å². The molecule has 0 N–H and O–H groups in total. The van der Waals surface area contributed by atoms with Crippen molar-refractivity contribution < 1.29 is 9.53 Å². The number of carbonyl (C=O) groups excluding carboxylic acids is 1. The van der Waals surface area contributed by atoms with E-state index in [1.807, 2.05) is 13.0 Å². The molecule has 0 rings (SSSR count). The third-order valence-electron chi connectivity index (χ3n) is 2.11. The summed E-state index contributed by atoms with van der Waals surface area (Å²) in [5, 5.41) is 8.85. The van der Waals surface area contributed by atoms with E-state index in [-0.39, 0.29) is 5.57 Å². The molecule has 0 aliphatic heterocycles. The molecule has 0 saturated carbocycles. The van der Waals surface area contributed by atoms with Crippen LogP contribution in [0.3, 0.4) is 0 Å². The highest BCUT2D eigenvalue weighted by Gasteiger charge is 2.13. The van der Waals surface area contributed by atoms with E-state index in [9.17, 15) is 4.79 Å². The van der Waals surface area contributed by atoms with E-state index in [1.165, 1.54) is 0 Å². The van der Waals surface area contributed by atoms with E-state index in [0.29, 0.717) is 12.5 Å². The number of hydrogen-bond acceptors (Lipinski definition) is 3. The molecule has 0 aliphatic rings. The molecule has 0 spiro atoms. The van der Waals surface area contributed by atoms with Crippen molar-refractivity contribution in [3.05, 3.63) is 11.1 Å². The van der Waals surface area contributed by atoms with Crippen molar-refractivity contribution in [2.24, 2.45) is 5.92 Å². The van der Waals surface area contributed by atoms with E-state index >= 15 is 0 Å². The van der Waals surface area contributed by atoms with Crippen LogP contribution in [0.15, 0.2) is 11.1 Å². The first kappa shape index (κ1) is 13.7. The molecular weight excluding hydrogens is 190 g/mol. The van der Waals surface area contributed by atoms with Crippen molar-refractivity contribution in [1.82, 2.24) is 0 Å². The Morgan fingerprint density at radius 3 is 2.47 bits per heavy atom. The summed E-state index contributed by atoms with van der Waals surface area (Å²) in [5.41, 5.74) is 0.988. The highest BCUT2D eigenvalue weighted by atomic mass is 16.5. The van der Waals surface area contributed by atoms with Crippen LogP contribution in [-0.2, 0) is 9.53 Å². The van der Waals surface area contributed by atoms with Gasteiger partial charge in [-0.05, 0) is 38.2 Å². The molecule has 0 aromatic carbocycles. The van der Waals surface area contributed by atoms with Gasteiger partial charge in [-0.3, -0.25) is 0 Å². The molecule has 0 radical (unpaired) electrons. The van der Waals surface area contributed by atoms with E-state index < -0.39 is 5.97 Å². The Morgan fingerprint density at radius 1 is 1.47 bits per heavy atom. The molecule has 0 unspecified atom stereocenters. The summed E-state index contributed by atoms with van der Waals surface area (Å²) < 4.78 is 4.80. The number of nitriles is 1. The van der Waals surface area contributed by atoms with Crippen LogP contribution in [0.25, 0.3) is 0 Å². The minimum atomic E-state index is -0.499. The molecule has 0 aliphatic carbocycles. The standard InChI is InChI=1S/C12H19NO2/c1-5-15-12(14)11(8-13)10(4)7-6-9(2)3/h9H,5-7H2,1-4H3. The largest absolute Gasteiger partial charge is 0.462 e. The second kappa shape index (κ2) is 7.05. The molecule has 0 heterocycles. The summed E-state index contributed by atoms with van der Waals surface area (Å²) in [5.74, 6) is 0.0725. The van der Waals surface area contributed by atoms with E-state index in [0.717, 1.165) is 18.4 Å². The van der Waals surface area contributed by atoms with Crippen LogP contribution in [-0.4, -0.2) is 12.6 Å². The third-order valence-corrected chi connectivity index (χ3v) is 2.11. The summed E-state index contributed by atoms with van der Waals surface area (Å²) in [7, 11) is 0. The topological polar surface area (TPSA) is 50.1 Å². The van der Waals surface area contributed by atoms with Crippen molar-refractivity contribution in [2.45, 2.75) is 40.5 Å². The van der Waals surface area contributed by atoms with Gasteiger partial charge in [-0.1, -0.05) is 13.8 Å². The molecule has 0 saturated heterocycles. The monoisotopic (exact) mass is 209 g/mol. The Bertz CT molecular complexity index is 284. The van der Waals surface area contributed by atoms with Crippen LogP contribution in [0.5, 0.6) is 0 Å². The van der Waals surface area contributed by atoms with E-state index in [4.69, 9.17) is 10.00 Å². The Kier molecular flexibility index (Phi) is 6.44. The molecule has 3 heteroatoms. The van der Waals surface area contributed by atoms with Gasteiger partial charge in [0.15, 0.2) is 0 Å². The molecule has 0 bridgehead atoms. The quantitative estimate of drug-likeness (QED) is 0.397. The molecule has 0 fully saturated rings. The predicted octanol–water partition coefficient (Wildman–Crippen LogP) is 2.83. The SMILES string of the molecule is CCOC(=O)C(C#N)=C(C)CCC(C)C. The average molecular weight is 209 g/mol. The summed E-state index contributed by atoms with van der Waals surface area (Å²) in [6.45, 7) is 8.09. The highest BCUT2D eigenvalue weighted by Crippen LogP contribution is 2.15. The predicted molar refractivity (Wildman–Crippen MR) is 59.0 cm³/mol. The molecule has 0 atom stereocenters.